The van der Waals surface area contributed by atoms with Gasteiger partial charge >= 0.3 is 0 Å². The number of fused-ring (bicyclic) bond motifs is 1. The summed E-state index contributed by atoms with van der Waals surface area (Å²) in [5.74, 6) is 0.144. The topological polar surface area (TPSA) is 92.3 Å². The molecule has 0 saturated heterocycles. The highest BCUT2D eigenvalue weighted by atomic mass is 16.5. The van der Waals surface area contributed by atoms with E-state index < -0.39 is 12.1 Å². The summed E-state index contributed by atoms with van der Waals surface area (Å²) in [6.45, 7) is 1.66. The molecule has 0 aromatic heterocycles. The summed E-state index contributed by atoms with van der Waals surface area (Å²) in [4.78, 5) is 33.7. The Balaban J connectivity index is 1.48. The number of anilines is 2. The second-order valence-corrected chi connectivity index (χ2v) is 10.3. The van der Waals surface area contributed by atoms with Crippen LogP contribution in [0.4, 0.5) is 11.4 Å². The summed E-state index contributed by atoms with van der Waals surface area (Å²) in [5, 5.41) is 5.97. The zero-order chi connectivity index (χ0) is 30.0. The summed E-state index contributed by atoms with van der Waals surface area (Å²) in [7, 11) is 3.32. The Morgan fingerprint density at radius 3 is 2.30 bits per heavy atom. The van der Waals surface area contributed by atoms with Gasteiger partial charge < -0.3 is 25.0 Å². The number of hydrogen-bond donors (Lipinski definition) is 2. The van der Waals surface area contributed by atoms with Crippen LogP contribution in [-0.2, 0) is 27.3 Å². The number of carbonyl (C=O) groups excluding carboxylic acids is 2. The number of hydrogen-bond acceptors (Lipinski definition) is 6. The molecule has 220 valence electrons. The average Bonchev–Trinajstić information content (AvgIpc) is 3.19. The third-order valence-electron chi connectivity index (χ3n) is 7.32. The molecule has 43 heavy (non-hydrogen) atoms. The molecule has 0 saturated carbocycles. The maximum Gasteiger partial charge on any atom is 0.269 e. The summed E-state index contributed by atoms with van der Waals surface area (Å²) >= 11 is 0. The first-order chi connectivity index (χ1) is 21.1. The average molecular weight is 577 g/mol. The Hall–Kier alpha value is -4.95. The SMILES string of the molecule is COCCN(Cc1ccc(OC)cc1)c1cccc2c1NC(=O)C(NC(=O)CCc1ccccc1)N=C2c1ccccc1. The van der Waals surface area contributed by atoms with E-state index in [0.717, 1.165) is 33.7 Å². The number of methoxy groups -OCH3 is 2. The fraction of sp³-hybridized carbons (Fsp3) is 0.229. The summed E-state index contributed by atoms with van der Waals surface area (Å²) < 4.78 is 10.8. The van der Waals surface area contributed by atoms with E-state index in [-0.39, 0.29) is 12.3 Å². The molecule has 1 unspecified atom stereocenters. The van der Waals surface area contributed by atoms with Gasteiger partial charge in [-0.1, -0.05) is 84.9 Å². The van der Waals surface area contributed by atoms with Gasteiger partial charge in [-0.25, -0.2) is 4.99 Å². The van der Waals surface area contributed by atoms with Crippen molar-refractivity contribution >= 4 is 28.9 Å². The summed E-state index contributed by atoms with van der Waals surface area (Å²) in [5.41, 5.74) is 5.85. The second-order valence-electron chi connectivity index (χ2n) is 10.3. The number of carbonyl (C=O) groups is 2. The molecule has 0 radical (unpaired) electrons. The lowest BCUT2D eigenvalue weighted by Gasteiger charge is -2.28. The van der Waals surface area contributed by atoms with Gasteiger partial charge in [-0.15, -0.1) is 0 Å². The molecular weight excluding hydrogens is 540 g/mol. The Bertz CT molecular complexity index is 1560. The van der Waals surface area contributed by atoms with Gasteiger partial charge in [0.1, 0.15) is 5.75 Å². The molecule has 8 nitrogen and oxygen atoms in total. The first kappa shape index (κ1) is 29.5. The first-order valence-electron chi connectivity index (χ1n) is 14.3. The van der Waals surface area contributed by atoms with Crippen LogP contribution in [0.1, 0.15) is 28.7 Å². The van der Waals surface area contributed by atoms with E-state index in [1.807, 2.05) is 103 Å². The quantitative estimate of drug-likeness (QED) is 0.242. The molecule has 1 aliphatic heterocycles. The van der Waals surface area contributed by atoms with E-state index in [0.29, 0.717) is 37.5 Å². The molecular formula is C35H36N4O4. The van der Waals surface area contributed by atoms with Crippen LogP contribution in [0.3, 0.4) is 0 Å². The van der Waals surface area contributed by atoms with Crippen molar-refractivity contribution in [3.8, 4) is 5.75 Å². The van der Waals surface area contributed by atoms with E-state index >= 15 is 0 Å². The summed E-state index contributed by atoms with van der Waals surface area (Å²) in [6.07, 6.45) is -0.275. The lowest BCUT2D eigenvalue weighted by molar-refractivity contribution is -0.126. The lowest BCUT2D eigenvalue weighted by Crippen LogP contribution is -2.42. The zero-order valence-electron chi connectivity index (χ0n) is 24.5. The number of aryl methyl sites for hydroxylation is 1. The van der Waals surface area contributed by atoms with Crippen LogP contribution < -0.4 is 20.3 Å². The highest BCUT2D eigenvalue weighted by Crippen LogP contribution is 2.34. The molecule has 1 aliphatic rings. The molecule has 0 fully saturated rings. The van der Waals surface area contributed by atoms with Crippen LogP contribution in [0.5, 0.6) is 5.75 Å². The first-order valence-corrected chi connectivity index (χ1v) is 14.3. The van der Waals surface area contributed by atoms with Gasteiger partial charge in [0.15, 0.2) is 0 Å². The van der Waals surface area contributed by atoms with Gasteiger partial charge in [0, 0.05) is 37.7 Å². The van der Waals surface area contributed by atoms with E-state index in [1.165, 1.54) is 0 Å². The molecule has 0 bridgehead atoms. The number of benzodiazepines with no additional fused rings is 1. The Kier molecular flexibility index (Phi) is 9.82. The van der Waals surface area contributed by atoms with E-state index in [4.69, 9.17) is 14.5 Å². The second kappa shape index (κ2) is 14.3. The molecule has 8 heteroatoms. The highest BCUT2D eigenvalue weighted by Gasteiger charge is 2.29. The minimum atomic E-state index is -1.09. The largest absolute Gasteiger partial charge is 0.497 e. The van der Waals surface area contributed by atoms with Crippen molar-refractivity contribution in [3.05, 3.63) is 125 Å². The van der Waals surface area contributed by atoms with Crippen LogP contribution in [0.15, 0.2) is 108 Å². The third-order valence-corrected chi connectivity index (χ3v) is 7.32. The van der Waals surface area contributed by atoms with Crippen LogP contribution in [0.2, 0.25) is 0 Å². The van der Waals surface area contributed by atoms with Crippen molar-refractivity contribution in [2.45, 2.75) is 25.6 Å². The van der Waals surface area contributed by atoms with Crippen LogP contribution >= 0.6 is 0 Å². The molecule has 2 N–H and O–H groups in total. The fourth-order valence-corrected chi connectivity index (χ4v) is 5.07. The Labute approximate surface area is 252 Å². The number of amides is 2. The Morgan fingerprint density at radius 1 is 0.884 bits per heavy atom. The molecule has 1 heterocycles. The van der Waals surface area contributed by atoms with Crippen LogP contribution in [-0.4, -0.2) is 51.1 Å². The van der Waals surface area contributed by atoms with Crippen molar-refractivity contribution in [2.75, 3.05) is 37.6 Å². The molecule has 4 aromatic carbocycles. The normalized spacial score (nSPS) is 14.1. The van der Waals surface area contributed by atoms with E-state index in [9.17, 15) is 9.59 Å². The van der Waals surface area contributed by atoms with Gasteiger partial charge in [0.05, 0.1) is 30.8 Å². The van der Waals surface area contributed by atoms with Gasteiger partial charge in [-0.3, -0.25) is 9.59 Å². The minimum Gasteiger partial charge on any atom is -0.497 e. The molecule has 5 rings (SSSR count). The minimum absolute atomic E-state index is 0.243. The zero-order valence-corrected chi connectivity index (χ0v) is 24.5. The van der Waals surface area contributed by atoms with Crippen molar-refractivity contribution in [2.24, 2.45) is 4.99 Å². The van der Waals surface area contributed by atoms with Gasteiger partial charge in [0.25, 0.3) is 5.91 Å². The molecule has 2 amide bonds. The third kappa shape index (κ3) is 7.47. The van der Waals surface area contributed by atoms with Crippen molar-refractivity contribution in [1.82, 2.24) is 5.32 Å². The molecule has 4 aromatic rings. The number of aliphatic imine (C=N–C) groups is 1. The van der Waals surface area contributed by atoms with Crippen LogP contribution in [0.25, 0.3) is 0 Å². The van der Waals surface area contributed by atoms with Gasteiger partial charge in [-0.05, 0) is 35.7 Å². The fourth-order valence-electron chi connectivity index (χ4n) is 5.07. The predicted molar refractivity (Wildman–Crippen MR) is 170 cm³/mol. The van der Waals surface area contributed by atoms with Gasteiger partial charge in [0.2, 0.25) is 12.1 Å². The van der Waals surface area contributed by atoms with Crippen molar-refractivity contribution < 1.29 is 19.1 Å². The number of para-hydroxylation sites is 1. The molecule has 0 aliphatic carbocycles. The number of rotatable bonds is 12. The van der Waals surface area contributed by atoms with Crippen LogP contribution in [0, 0.1) is 0 Å². The number of benzene rings is 4. The standard InChI is InChI=1S/C35H36N4O4/c1-42-23-22-39(24-26-16-19-28(43-2)20-17-26)30-15-9-14-29-32(27-12-7-4-8-13-27)37-34(35(41)38-33(29)30)36-31(40)21-18-25-10-5-3-6-11-25/h3-17,19-20,34H,18,21-24H2,1-2H3,(H,36,40)(H,38,41). The summed E-state index contributed by atoms with van der Waals surface area (Å²) in [6, 6.07) is 33.3. The molecule has 1 atom stereocenters. The van der Waals surface area contributed by atoms with E-state index in [2.05, 4.69) is 15.5 Å². The Morgan fingerprint density at radius 2 is 1.60 bits per heavy atom. The van der Waals surface area contributed by atoms with Crippen molar-refractivity contribution in [3.63, 3.8) is 0 Å². The maximum atomic E-state index is 13.7. The smallest absolute Gasteiger partial charge is 0.269 e. The number of ether oxygens (including phenoxy) is 2. The number of nitrogens with one attached hydrogen (secondary N) is 2. The van der Waals surface area contributed by atoms with Crippen molar-refractivity contribution in [1.29, 1.82) is 0 Å². The lowest BCUT2D eigenvalue weighted by atomic mass is 9.99. The van der Waals surface area contributed by atoms with Gasteiger partial charge in [-0.2, -0.15) is 0 Å². The number of nitrogens with zero attached hydrogens (tertiary/aromatic N) is 2. The predicted octanol–water partition coefficient (Wildman–Crippen LogP) is 5.21. The monoisotopic (exact) mass is 576 g/mol. The molecule has 0 spiro atoms. The maximum absolute atomic E-state index is 13.7. The van der Waals surface area contributed by atoms with E-state index in [1.54, 1.807) is 14.2 Å². The highest BCUT2D eigenvalue weighted by molar-refractivity contribution is 6.21.